The van der Waals surface area contributed by atoms with Crippen molar-refractivity contribution in [2.45, 2.75) is 25.3 Å². The summed E-state index contributed by atoms with van der Waals surface area (Å²) in [5.41, 5.74) is 5.49. The van der Waals surface area contributed by atoms with Gasteiger partial charge in [-0.15, -0.1) is 0 Å². The first kappa shape index (κ1) is 7.71. The number of aromatic nitrogens is 1. The maximum absolute atomic E-state index is 5.45. The minimum atomic E-state index is 0.330. The Morgan fingerprint density at radius 1 is 1.58 bits per heavy atom. The Balaban J connectivity index is 2.37. The van der Waals surface area contributed by atoms with E-state index < -0.39 is 0 Å². The molecule has 1 heterocycles. The van der Waals surface area contributed by atoms with Crippen molar-refractivity contribution in [1.29, 1.82) is 0 Å². The lowest BCUT2D eigenvalue weighted by Crippen LogP contribution is -2.30. The highest BCUT2D eigenvalue weighted by atomic mass is 15.2. The molecule has 0 bridgehead atoms. The molecule has 0 unspecified atom stereocenters. The van der Waals surface area contributed by atoms with Crippen LogP contribution in [0.5, 0.6) is 0 Å². The van der Waals surface area contributed by atoms with Gasteiger partial charge in [-0.2, -0.15) is 0 Å². The second-order valence-corrected chi connectivity index (χ2v) is 3.19. The molecule has 0 saturated heterocycles. The first-order valence-electron chi connectivity index (χ1n) is 4.30. The largest absolute Gasteiger partial charge is 0.271 e. The molecule has 1 aliphatic carbocycles. The minimum absolute atomic E-state index is 0.330. The Morgan fingerprint density at radius 3 is 3.33 bits per heavy atom. The number of hydrogen-bond acceptors (Lipinski definition) is 3. The van der Waals surface area contributed by atoms with Gasteiger partial charge in [0.25, 0.3) is 0 Å². The van der Waals surface area contributed by atoms with E-state index >= 15 is 0 Å². The second-order valence-electron chi connectivity index (χ2n) is 3.19. The Bertz CT molecular complexity index is 272. The van der Waals surface area contributed by atoms with E-state index in [1.165, 1.54) is 17.5 Å². The molecule has 1 aromatic heterocycles. The molecule has 0 aliphatic heterocycles. The Morgan fingerprint density at radius 2 is 2.50 bits per heavy atom. The summed E-state index contributed by atoms with van der Waals surface area (Å²) in [5, 5.41) is 0. The summed E-state index contributed by atoms with van der Waals surface area (Å²) in [6.07, 6.45) is 7.25. The zero-order valence-corrected chi connectivity index (χ0v) is 6.96. The van der Waals surface area contributed by atoms with Gasteiger partial charge in [-0.3, -0.25) is 16.3 Å². The maximum Gasteiger partial charge on any atom is 0.0463 e. The fourth-order valence-corrected chi connectivity index (χ4v) is 1.81. The van der Waals surface area contributed by atoms with Gasteiger partial charge in [-0.25, -0.2) is 0 Å². The summed E-state index contributed by atoms with van der Waals surface area (Å²) in [4.78, 5) is 4.10. The van der Waals surface area contributed by atoms with Crippen LogP contribution >= 0.6 is 0 Å². The van der Waals surface area contributed by atoms with Crippen LogP contribution in [0.25, 0.3) is 0 Å². The minimum Gasteiger partial charge on any atom is -0.271 e. The third-order valence-corrected chi connectivity index (χ3v) is 2.46. The lowest BCUT2D eigenvalue weighted by Gasteiger charge is -2.23. The number of nitrogens with one attached hydrogen (secondary N) is 1. The van der Waals surface area contributed by atoms with Crippen molar-refractivity contribution < 1.29 is 0 Å². The Kier molecular flexibility index (Phi) is 2.06. The van der Waals surface area contributed by atoms with Gasteiger partial charge in [-0.05, 0) is 36.5 Å². The highest BCUT2D eigenvalue weighted by Crippen LogP contribution is 2.27. The standard InChI is InChI=1S/C9H13N3/c10-12-9-3-1-2-7-6-11-5-4-8(7)9/h4-6,9,12H,1-3,10H2/t9-/m1/s1. The van der Waals surface area contributed by atoms with Gasteiger partial charge in [0, 0.05) is 18.4 Å². The molecular weight excluding hydrogens is 150 g/mol. The fraction of sp³-hybridized carbons (Fsp3) is 0.444. The van der Waals surface area contributed by atoms with E-state index in [-0.39, 0.29) is 0 Å². The third kappa shape index (κ3) is 1.21. The molecular formula is C9H13N3. The van der Waals surface area contributed by atoms with Gasteiger partial charge in [-0.1, -0.05) is 0 Å². The van der Waals surface area contributed by atoms with Crippen molar-refractivity contribution in [3.63, 3.8) is 0 Å². The number of hydrazine groups is 1. The quantitative estimate of drug-likeness (QED) is 0.478. The van der Waals surface area contributed by atoms with Crippen molar-refractivity contribution in [2.24, 2.45) is 5.84 Å². The summed E-state index contributed by atoms with van der Waals surface area (Å²) < 4.78 is 0. The SMILES string of the molecule is NN[C@@H]1CCCc2cnccc21. The van der Waals surface area contributed by atoms with Gasteiger partial charge in [0.1, 0.15) is 0 Å². The molecule has 0 fully saturated rings. The van der Waals surface area contributed by atoms with Crippen molar-refractivity contribution in [2.75, 3.05) is 0 Å². The van der Waals surface area contributed by atoms with Crippen LogP contribution in [0.15, 0.2) is 18.5 Å². The predicted molar refractivity (Wildman–Crippen MR) is 47.2 cm³/mol. The zero-order valence-electron chi connectivity index (χ0n) is 6.96. The second kappa shape index (κ2) is 3.21. The van der Waals surface area contributed by atoms with Crippen LogP contribution in [-0.4, -0.2) is 4.98 Å². The number of pyridine rings is 1. The smallest absolute Gasteiger partial charge is 0.0463 e. The van der Waals surface area contributed by atoms with Crippen LogP contribution in [0.3, 0.4) is 0 Å². The monoisotopic (exact) mass is 163 g/mol. The summed E-state index contributed by atoms with van der Waals surface area (Å²) in [7, 11) is 0. The van der Waals surface area contributed by atoms with Gasteiger partial charge in [0.15, 0.2) is 0 Å². The van der Waals surface area contributed by atoms with E-state index in [0.717, 1.165) is 12.8 Å². The zero-order chi connectivity index (χ0) is 8.39. The van der Waals surface area contributed by atoms with Crippen molar-refractivity contribution in [3.05, 3.63) is 29.6 Å². The van der Waals surface area contributed by atoms with Gasteiger partial charge >= 0.3 is 0 Å². The Labute approximate surface area is 72.0 Å². The average Bonchev–Trinajstić information content (AvgIpc) is 2.17. The number of rotatable bonds is 1. The van der Waals surface area contributed by atoms with Crippen molar-refractivity contribution in [1.82, 2.24) is 10.4 Å². The number of aryl methyl sites for hydroxylation is 1. The maximum atomic E-state index is 5.45. The normalized spacial score (nSPS) is 21.9. The van der Waals surface area contributed by atoms with Crippen molar-refractivity contribution >= 4 is 0 Å². The van der Waals surface area contributed by atoms with Gasteiger partial charge in [0.05, 0.1) is 0 Å². The first-order chi connectivity index (χ1) is 5.92. The molecule has 0 aromatic carbocycles. The molecule has 3 N–H and O–H groups in total. The van der Waals surface area contributed by atoms with E-state index in [2.05, 4.69) is 16.5 Å². The molecule has 12 heavy (non-hydrogen) atoms. The van der Waals surface area contributed by atoms with E-state index in [0.29, 0.717) is 6.04 Å². The predicted octanol–water partition coefficient (Wildman–Crippen LogP) is 0.922. The molecule has 1 aromatic rings. The molecule has 1 atom stereocenters. The van der Waals surface area contributed by atoms with Gasteiger partial charge < -0.3 is 0 Å². The lowest BCUT2D eigenvalue weighted by atomic mass is 9.90. The van der Waals surface area contributed by atoms with Crippen LogP contribution in [0.4, 0.5) is 0 Å². The molecule has 64 valence electrons. The fourth-order valence-electron chi connectivity index (χ4n) is 1.81. The average molecular weight is 163 g/mol. The van der Waals surface area contributed by atoms with Crippen LogP contribution in [0.2, 0.25) is 0 Å². The molecule has 2 rings (SSSR count). The van der Waals surface area contributed by atoms with E-state index in [1.54, 1.807) is 0 Å². The molecule has 3 heteroatoms. The Hall–Kier alpha value is -0.930. The first-order valence-corrected chi connectivity index (χ1v) is 4.30. The van der Waals surface area contributed by atoms with E-state index in [9.17, 15) is 0 Å². The summed E-state index contributed by atoms with van der Waals surface area (Å²) in [5.74, 6) is 5.45. The van der Waals surface area contributed by atoms with Crippen LogP contribution in [-0.2, 0) is 6.42 Å². The third-order valence-electron chi connectivity index (χ3n) is 2.46. The highest BCUT2D eigenvalue weighted by molar-refractivity contribution is 5.28. The molecule has 0 spiro atoms. The molecule has 0 radical (unpaired) electrons. The number of fused-ring (bicyclic) bond motifs is 1. The molecule has 3 nitrogen and oxygen atoms in total. The number of nitrogens with two attached hydrogens (primary N) is 1. The lowest BCUT2D eigenvalue weighted by molar-refractivity contribution is 0.471. The summed E-state index contributed by atoms with van der Waals surface area (Å²) >= 11 is 0. The molecule has 0 amide bonds. The van der Waals surface area contributed by atoms with Crippen molar-refractivity contribution in [3.8, 4) is 0 Å². The topological polar surface area (TPSA) is 50.9 Å². The summed E-state index contributed by atoms with van der Waals surface area (Å²) in [6.45, 7) is 0. The molecule has 0 saturated carbocycles. The van der Waals surface area contributed by atoms with E-state index in [1.807, 2.05) is 12.4 Å². The molecule has 1 aliphatic rings. The van der Waals surface area contributed by atoms with Crippen LogP contribution in [0.1, 0.15) is 30.0 Å². The summed E-state index contributed by atoms with van der Waals surface area (Å²) in [6, 6.07) is 2.38. The highest BCUT2D eigenvalue weighted by Gasteiger charge is 2.17. The number of hydrogen-bond donors (Lipinski definition) is 2. The van der Waals surface area contributed by atoms with Gasteiger partial charge in [0.2, 0.25) is 0 Å². The van der Waals surface area contributed by atoms with Crippen LogP contribution < -0.4 is 11.3 Å². The van der Waals surface area contributed by atoms with Crippen LogP contribution in [0, 0.1) is 0 Å². The van der Waals surface area contributed by atoms with E-state index in [4.69, 9.17) is 5.84 Å². The number of nitrogens with zero attached hydrogens (tertiary/aromatic N) is 1.